The zero-order valence-electron chi connectivity index (χ0n) is 21.2. The van der Waals surface area contributed by atoms with Gasteiger partial charge in [0.25, 0.3) is 0 Å². The van der Waals surface area contributed by atoms with E-state index in [1.54, 1.807) is 0 Å². The van der Waals surface area contributed by atoms with Gasteiger partial charge in [-0.2, -0.15) is 0 Å². The summed E-state index contributed by atoms with van der Waals surface area (Å²) in [5.41, 5.74) is 2.85. The minimum atomic E-state index is -0.187. The van der Waals surface area contributed by atoms with Gasteiger partial charge < -0.3 is 14.9 Å². The minimum Gasteiger partial charge on any atom is -0.508 e. The first-order valence-corrected chi connectivity index (χ1v) is 13.9. The summed E-state index contributed by atoms with van der Waals surface area (Å²) in [4.78, 5) is 2.54. The van der Waals surface area contributed by atoms with E-state index in [0.717, 1.165) is 58.4 Å². The number of morpholine rings is 1. The standard InChI is InChI=1S/C30H45NO3/c1-3-30-14-13-22-20-24(32)9-10-25(22)28(30)23(21-29(2)26(30)11-12-27(29)33)8-6-4-5-7-15-31-16-18-34-19-17-31/h3,9-10,20,23,26-28,32-33H,1,4-8,11-19,21H2,2H3/t23-,26+,27-,28+,29-,30-/m0/s1. The monoisotopic (exact) mass is 467 g/mol. The van der Waals surface area contributed by atoms with E-state index in [2.05, 4.69) is 30.5 Å². The van der Waals surface area contributed by atoms with Crippen molar-refractivity contribution < 1.29 is 14.9 Å². The molecule has 6 atom stereocenters. The molecule has 0 spiro atoms. The first-order valence-electron chi connectivity index (χ1n) is 13.9. The smallest absolute Gasteiger partial charge is 0.115 e. The molecule has 1 heterocycles. The van der Waals surface area contributed by atoms with E-state index in [-0.39, 0.29) is 16.9 Å². The predicted octanol–water partition coefficient (Wildman–Crippen LogP) is 5.67. The zero-order chi connectivity index (χ0) is 23.8. The van der Waals surface area contributed by atoms with Gasteiger partial charge in [0.1, 0.15) is 5.75 Å². The molecular weight excluding hydrogens is 422 g/mol. The van der Waals surface area contributed by atoms with Crippen LogP contribution in [0.5, 0.6) is 5.75 Å². The molecule has 1 saturated heterocycles. The van der Waals surface area contributed by atoms with Crippen molar-refractivity contribution in [1.82, 2.24) is 4.90 Å². The van der Waals surface area contributed by atoms with Crippen LogP contribution in [0.1, 0.15) is 81.8 Å². The summed E-state index contributed by atoms with van der Waals surface area (Å²) >= 11 is 0. The summed E-state index contributed by atoms with van der Waals surface area (Å²) in [6.07, 6.45) is 13.7. The number of fused-ring (bicyclic) bond motifs is 5. The average molecular weight is 468 g/mol. The molecular formula is C30H45NO3. The molecule has 34 heavy (non-hydrogen) atoms. The summed E-state index contributed by atoms with van der Waals surface area (Å²) in [6.45, 7) is 12.0. The number of aliphatic hydroxyl groups is 1. The second-order valence-electron chi connectivity index (χ2n) is 11.9. The van der Waals surface area contributed by atoms with Crippen LogP contribution in [0.3, 0.4) is 0 Å². The fraction of sp³-hybridized carbons (Fsp3) is 0.733. The predicted molar refractivity (Wildman–Crippen MR) is 137 cm³/mol. The van der Waals surface area contributed by atoms with Gasteiger partial charge in [0.2, 0.25) is 0 Å². The van der Waals surface area contributed by atoms with E-state index >= 15 is 0 Å². The van der Waals surface area contributed by atoms with Gasteiger partial charge in [-0.15, -0.1) is 6.58 Å². The molecule has 0 amide bonds. The number of aryl methyl sites for hydroxylation is 1. The average Bonchev–Trinajstić information content (AvgIpc) is 3.15. The summed E-state index contributed by atoms with van der Waals surface area (Å²) in [7, 11) is 0. The van der Waals surface area contributed by atoms with Crippen molar-refractivity contribution in [3.8, 4) is 5.75 Å². The number of aliphatic hydroxyl groups excluding tert-OH is 1. The largest absolute Gasteiger partial charge is 0.508 e. The molecule has 0 aromatic heterocycles. The summed E-state index contributed by atoms with van der Waals surface area (Å²) in [6, 6.07) is 6.09. The molecule has 1 aromatic carbocycles. The molecule has 4 heteroatoms. The minimum absolute atomic E-state index is 0.000111. The number of hydrogen-bond acceptors (Lipinski definition) is 4. The second kappa shape index (κ2) is 9.95. The molecule has 4 aliphatic rings. The quantitative estimate of drug-likeness (QED) is 0.382. The molecule has 4 nitrogen and oxygen atoms in total. The number of rotatable bonds is 8. The Morgan fingerprint density at radius 1 is 1.15 bits per heavy atom. The van der Waals surface area contributed by atoms with Gasteiger partial charge in [0.05, 0.1) is 19.3 Å². The van der Waals surface area contributed by atoms with Crippen molar-refractivity contribution in [1.29, 1.82) is 0 Å². The highest BCUT2D eigenvalue weighted by molar-refractivity contribution is 5.43. The van der Waals surface area contributed by atoms with Crippen LogP contribution in [0, 0.1) is 22.7 Å². The second-order valence-corrected chi connectivity index (χ2v) is 11.9. The van der Waals surface area contributed by atoms with Gasteiger partial charge in [-0.05, 0) is 103 Å². The number of phenols is 1. The fourth-order valence-electron chi connectivity index (χ4n) is 8.61. The molecule has 3 aliphatic carbocycles. The normalized spacial score (nSPS) is 37.6. The molecule has 3 fully saturated rings. The first-order chi connectivity index (χ1) is 16.5. The molecule has 1 aromatic rings. The van der Waals surface area contributed by atoms with Crippen molar-refractivity contribution >= 4 is 0 Å². The van der Waals surface area contributed by atoms with Gasteiger partial charge in [-0.3, -0.25) is 4.90 Å². The van der Waals surface area contributed by atoms with E-state index in [4.69, 9.17) is 4.74 Å². The number of phenolic OH excluding ortho intramolecular Hbond substituents is 1. The number of unbranched alkanes of at least 4 members (excludes halogenated alkanes) is 3. The van der Waals surface area contributed by atoms with Crippen LogP contribution in [0.15, 0.2) is 30.9 Å². The van der Waals surface area contributed by atoms with Crippen LogP contribution in [0.4, 0.5) is 0 Å². The number of hydrogen-bond donors (Lipinski definition) is 2. The molecule has 0 unspecified atom stereocenters. The van der Waals surface area contributed by atoms with Gasteiger partial charge in [0.15, 0.2) is 0 Å². The van der Waals surface area contributed by atoms with Crippen LogP contribution >= 0.6 is 0 Å². The molecule has 5 rings (SSSR count). The molecule has 0 radical (unpaired) electrons. The van der Waals surface area contributed by atoms with E-state index in [0.29, 0.717) is 23.5 Å². The van der Waals surface area contributed by atoms with Crippen LogP contribution in [0.25, 0.3) is 0 Å². The lowest BCUT2D eigenvalue weighted by Crippen LogP contribution is -2.54. The highest BCUT2D eigenvalue weighted by Gasteiger charge is 2.63. The summed E-state index contributed by atoms with van der Waals surface area (Å²) < 4.78 is 5.47. The Morgan fingerprint density at radius 2 is 1.94 bits per heavy atom. The highest BCUT2D eigenvalue weighted by Crippen LogP contribution is 2.69. The summed E-state index contributed by atoms with van der Waals surface area (Å²) in [5, 5.41) is 21.3. The Kier molecular flexibility index (Phi) is 7.12. The van der Waals surface area contributed by atoms with Gasteiger partial charge in [0, 0.05) is 13.1 Å². The molecule has 0 bridgehead atoms. The van der Waals surface area contributed by atoms with Gasteiger partial charge >= 0.3 is 0 Å². The Balaban J connectivity index is 1.30. The van der Waals surface area contributed by atoms with Crippen molar-refractivity contribution in [2.75, 3.05) is 32.8 Å². The Labute approximate surface area is 206 Å². The third kappa shape index (κ3) is 4.24. The SMILES string of the molecule is C=C[C@@]12CCc3cc(O)ccc3[C@H]1[C@@H](CCCCCCN1CCOCC1)C[C@@]1(C)[C@H]2CC[C@@H]1O. The lowest BCUT2D eigenvalue weighted by Gasteiger charge is -2.60. The van der Waals surface area contributed by atoms with E-state index in [1.807, 2.05) is 12.1 Å². The lowest BCUT2D eigenvalue weighted by atomic mass is 9.44. The maximum Gasteiger partial charge on any atom is 0.115 e. The molecule has 1 aliphatic heterocycles. The van der Waals surface area contributed by atoms with Crippen LogP contribution in [0.2, 0.25) is 0 Å². The van der Waals surface area contributed by atoms with Crippen LogP contribution in [-0.2, 0) is 11.2 Å². The number of benzene rings is 1. The maximum absolute atomic E-state index is 11.1. The van der Waals surface area contributed by atoms with E-state index in [1.165, 1.54) is 49.8 Å². The van der Waals surface area contributed by atoms with E-state index < -0.39 is 0 Å². The van der Waals surface area contributed by atoms with Gasteiger partial charge in [-0.25, -0.2) is 0 Å². The Morgan fingerprint density at radius 3 is 2.74 bits per heavy atom. The number of aromatic hydroxyl groups is 1. The molecule has 188 valence electrons. The fourth-order valence-corrected chi connectivity index (χ4v) is 8.61. The first kappa shape index (κ1) is 24.3. The third-order valence-electron chi connectivity index (χ3n) is 10.3. The number of allylic oxidation sites excluding steroid dienone is 1. The zero-order valence-corrected chi connectivity index (χ0v) is 21.2. The van der Waals surface area contributed by atoms with Crippen molar-refractivity contribution in [2.24, 2.45) is 22.7 Å². The molecule has 2 saturated carbocycles. The maximum atomic E-state index is 11.1. The van der Waals surface area contributed by atoms with Crippen LogP contribution < -0.4 is 0 Å². The lowest BCUT2D eigenvalue weighted by molar-refractivity contribution is -0.0812. The van der Waals surface area contributed by atoms with Crippen LogP contribution in [-0.4, -0.2) is 54.1 Å². The topological polar surface area (TPSA) is 52.9 Å². The third-order valence-corrected chi connectivity index (χ3v) is 10.3. The van der Waals surface area contributed by atoms with E-state index in [9.17, 15) is 10.2 Å². The molecule has 2 N–H and O–H groups in total. The van der Waals surface area contributed by atoms with Crippen molar-refractivity contribution in [3.05, 3.63) is 42.0 Å². The number of ether oxygens (including phenoxy) is 1. The summed E-state index contributed by atoms with van der Waals surface area (Å²) in [5.74, 6) is 1.92. The number of nitrogens with zero attached hydrogens (tertiary/aromatic N) is 1. The van der Waals surface area contributed by atoms with Crippen molar-refractivity contribution in [3.63, 3.8) is 0 Å². The van der Waals surface area contributed by atoms with Gasteiger partial charge in [-0.1, -0.05) is 38.3 Å². The van der Waals surface area contributed by atoms with Crippen molar-refractivity contribution in [2.45, 2.75) is 83.2 Å². The Bertz CT molecular complexity index is 865. The highest BCUT2D eigenvalue weighted by atomic mass is 16.5. The Hall–Kier alpha value is -1.36.